The van der Waals surface area contributed by atoms with Crippen molar-refractivity contribution in [1.82, 2.24) is 0 Å². The number of hydrogen-bond acceptors (Lipinski definition) is 4. The highest BCUT2D eigenvalue weighted by Gasteiger charge is 2.26. The number of aryl methyl sites for hydroxylation is 1. The van der Waals surface area contributed by atoms with Crippen LogP contribution in [0.15, 0.2) is 34.2 Å². The SMILES string of the molecule is CCCCC(N=C=O)S(=O)(=O)c1ccc(C)cc1. The summed E-state index contributed by atoms with van der Waals surface area (Å²) < 4.78 is 24.5. The van der Waals surface area contributed by atoms with Gasteiger partial charge in [-0.25, -0.2) is 13.2 Å². The minimum absolute atomic E-state index is 0.202. The molecule has 0 amide bonds. The van der Waals surface area contributed by atoms with Crippen LogP contribution in [-0.2, 0) is 14.6 Å². The molecule has 0 aromatic heterocycles. The van der Waals surface area contributed by atoms with Crippen molar-refractivity contribution in [3.8, 4) is 0 Å². The van der Waals surface area contributed by atoms with Crippen LogP contribution in [0.3, 0.4) is 0 Å². The van der Waals surface area contributed by atoms with E-state index in [9.17, 15) is 13.2 Å². The van der Waals surface area contributed by atoms with Gasteiger partial charge in [-0.2, -0.15) is 4.99 Å². The molecule has 1 atom stereocenters. The van der Waals surface area contributed by atoms with E-state index in [1.165, 1.54) is 6.08 Å². The van der Waals surface area contributed by atoms with Gasteiger partial charge in [-0.05, 0) is 25.5 Å². The topological polar surface area (TPSA) is 63.6 Å². The average Bonchev–Trinajstić information content (AvgIpc) is 2.35. The lowest BCUT2D eigenvalue weighted by Crippen LogP contribution is -2.19. The van der Waals surface area contributed by atoms with Crippen LogP contribution in [0, 0.1) is 6.92 Å². The van der Waals surface area contributed by atoms with Crippen molar-refractivity contribution in [2.24, 2.45) is 4.99 Å². The zero-order valence-corrected chi connectivity index (χ0v) is 11.4. The molecule has 1 aromatic rings. The van der Waals surface area contributed by atoms with Gasteiger partial charge in [-0.3, -0.25) is 0 Å². The normalized spacial score (nSPS) is 12.8. The van der Waals surface area contributed by atoms with Gasteiger partial charge in [0, 0.05) is 0 Å². The maximum atomic E-state index is 12.3. The summed E-state index contributed by atoms with van der Waals surface area (Å²) in [5.41, 5.74) is 0.984. The molecule has 0 N–H and O–H groups in total. The molecule has 5 heteroatoms. The van der Waals surface area contributed by atoms with E-state index in [0.717, 1.165) is 12.0 Å². The molecule has 0 saturated heterocycles. The first-order valence-electron chi connectivity index (χ1n) is 5.90. The number of aliphatic imine (C=N–C) groups is 1. The molecule has 0 aliphatic carbocycles. The standard InChI is InChI=1S/C13H17NO3S/c1-3-4-5-13(14-10-15)18(16,17)12-8-6-11(2)7-9-12/h6-9,13H,3-5H2,1-2H3. The summed E-state index contributed by atoms with van der Waals surface area (Å²) in [5.74, 6) is 0. The Labute approximate surface area is 108 Å². The lowest BCUT2D eigenvalue weighted by molar-refractivity contribution is 0.548. The zero-order chi connectivity index (χ0) is 13.6. The Balaban J connectivity index is 3.08. The second-order valence-corrected chi connectivity index (χ2v) is 6.28. The van der Waals surface area contributed by atoms with Crippen LogP contribution in [-0.4, -0.2) is 19.9 Å². The molecular formula is C13H17NO3S. The number of isocyanates is 1. The van der Waals surface area contributed by atoms with E-state index in [1.54, 1.807) is 24.3 Å². The van der Waals surface area contributed by atoms with Crippen molar-refractivity contribution in [2.75, 3.05) is 0 Å². The molecule has 1 unspecified atom stereocenters. The summed E-state index contributed by atoms with van der Waals surface area (Å²) in [6.45, 7) is 3.84. The third-order valence-corrected chi connectivity index (χ3v) is 4.70. The predicted molar refractivity (Wildman–Crippen MR) is 69.8 cm³/mol. The first-order valence-corrected chi connectivity index (χ1v) is 7.44. The monoisotopic (exact) mass is 267 g/mol. The summed E-state index contributed by atoms with van der Waals surface area (Å²) in [7, 11) is -3.58. The fourth-order valence-corrected chi connectivity index (χ4v) is 3.10. The highest BCUT2D eigenvalue weighted by molar-refractivity contribution is 7.92. The Morgan fingerprint density at radius 3 is 2.39 bits per heavy atom. The summed E-state index contributed by atoms with van der Waals surface area (Å²) in [6, 6.07) is 6.55. The number of unbranched alkanes of at least 4 members (excludes halogenated alkanes) is 1. The molecule has 1 rings (SSSR count). The molecule has 0 aliphatic rings. The first kappa shape index (κ1) is 14.6. The number of carbonyl (C=O) groups excluding carboxylic acids is 1. The predicted octanol–water partition coefficient (Wildman–Crippen LogP) is 2.62. The van der Waals surface area contributed by atoms with Gasteiger partial charge in [0.15, 0.2) is 5.37 Å². The summed E-state index contributed by atoms with van der Waals surface area (Å²) in [6.07, 6.45) is 3.27. The second kappa shape index (κ2) is 6.47. The van der Waals surface area contributed by atoms with Gasteiger partial charge in [-0.15, -0.1) is 0 Å². The largest absolute Gasteiger partial charge is 0.236 e. The first-order chi connectivity index (χ1) is 8.52. The molecule has 18 heavy (non-hydrogen) atoms. The molecular weight excluding hydrogens is 250 g/mol. The van der Waals surface area contributed by atoms with Gasteiger partial charge in [0.1, 0.15) is 0 Å². The lowest BCUT2D eigenvalue weighted by atomic mass is 10.2. The number of nitrogens with zero attached hydrogens (tertiary/aromatic N) is 1. The van der Waals surface area contributed by atoms with Crippen molar-refractivity contribution >= 4 is 15.9 Å². The van der Waals surface area contributed by atoms with Crippen LogP contribution in [0.5, 0.6) is 0 Å². The minimum Gasteiger partial charge on any atom is -0.221 e. The summed E-state index contributed by atoms with van der Waals surface area (Å²) in [5, 5.41) is -1.02. The van der Waals surface area contributed by atoms with E-state index in [2.05, 4.69) is 4.99 Å². The zero-order valence-electron chi connectivity index (χ0n) is 10.6. The van der Waals surface area contributed by atoms with E-state index in [0.29, 0.717) is 12.8 Å². The van der Waals surface area contributed by atoms with Crippen LogP contribution in [0.4, 0.5) is 0 Å². The van der Waals surface area contributed by atoms with Crippen LogP contribution < -0.4 is 0 Å². The van der Waals surface area contributed by atoms with E-state index in [1.807, 2.05) is 13.8 Å². The third-order valence-electron chi connectivity index (χ3n) is 2.71. The van der Waals surface area contributed by atoms with Gasteiger partial charge in [0.05, 0.1) is 4.90 Å². The van der Waals surface area contributed by atoms with E-state index < -0.39 is 15.2 Å². The molecule has 0 fully saturated rings. The van der Waals surface area contributed by atoms with Gasteiger partial charge in [0.25, 0.3) is 0 Å². The Hall–Kier alpha value is -1.45. The van der Waals surface area contributed by atoms with Crippen molar-refractivity contribution in [1.29, 1.82) is 0 Å². The molecule has 0 radical (unpaired) electrons. The molecule has 0 saturated carbocycles. The second-order valence-electron chi connectivity index (χ2n) is 4.18. The maximum absolute atomic E-state index is 12.3. The molecule has 98 valence electrons. The Bertz CT molecular complexity index is 528. The quantitative estimate of drug-likeness (QED) is 0.588. The molecule has 0 spiro atoms. The Morgan fingerprint density at radius 2 is 1.89 bits per heavy atom. The Kier molecular flexibility index (Phi) is 5.25. The number of hydrogen-bond donors (Lipinski definition) is 0. The minimum atomic E-state index is -3.58. The van der Waals surface area contributed by atoms with Crippen LogP contribution in [0.25, 0.3) is 0 Å². The molecule has 0 aliphatic heterocycles. The Morgan fingerprint density at radius 1 is 1.28 bits per heavy atom. The molecule has 4 nitrogen and oxygen atoms in total. The van der Waals surface area contributed by atoms with Crippen LogP contribution in [0.1, 0.15) is 31.7 Å². The maximum Gasteiger partial charge on any atom is 0.236 e. The fourth-order valence-electron chi connectivity index (χ4n) is 1.61. The van der Waals surface area contributed by atoms with Crippen LogP contribution >= 0.6 is 0 Å². The van der Waals surface area contributed by atoms with Crippen molar-refractivity contribution in [3.63, 3.8) is 0 Å². The summed E-state index contributed by atoms with van der Waals surface area (Å²) in [4.78, 5) is 14.0. The third kappa shape index (κ3) is 3.52. The van der Waals surface area contributed by atoms with Gasteiger partial charge < -0.3 is 0 Å². The van der Waals surface area contributed by atoms with E-state index in [-0.39, 0.29) is 4.90 Å². The van der Waals surface area contributed by atoms with Crippen molar-refractivity contribution < 1.29 is 13.2 Å². The average molecular weight is 267 g/mol. The van der Waals surface area contributed by atoms with Gasteiger partial charge in [0.2, 0.25) is 15.9 Å². The van der Waals surface area contributed by atoms with E-state index >= 15 is 0 Å². The number of sulfone groups is 1. The summed E-state index contributed by atoms with van der Waals surface area (Å²) >= 11 is 0. The molecule has 0 heterocycles. The highest BCUT2D eigenvalue weighted by Crippen LogP contribution is 2.21. The van der Waals surface area contributed by atoms with Gasteiger partial charge >= 0.3 is 0 Å². The van der Waals surface area contributed by atoms with Crippen molar-refractivity contribution in [3.05, 3.63) is 29.8 Å². The van der Waals surface area contributed by atoms with Gasteiger partial charge in [-0.1, -0.05) is 37.5 Å². The fraction of sp³-hybridized carbons (Fsp3) is 0.462. The number of benzene rings is 1. The smallest absolute Gasteiger partial charge is 0.221 e. The molecule has 0 bridgehead atoms. The van der Waals surface area contributed by atoms with Crippen molar-refractivity contribution in [2.45, 2.75) is 43.4 Å². The van der Waals surface area contributed by atoms with Crippen LogP contribution in [0.2, 0.25) is 0 Å². The van der Waals surface area contributed by atoms with E-state index in [4.69, 9.17) is 0 Å². The highest BCUT2D eigenvalue weighted by atomic mass is 32.2. The lowest BCUT2D eigenvalue weighted by Gasteiger charge is -2.11. The molecule has 1 aromatic carbocycles. The number of rotatable bonds is 6.